The molecule has 3 nitrogen and oxygen atoms in total. The lowest BCUT2D eigenvalue weighted by molar-refractivity contribution is 0.484. The zero-order chi connectivity index (χ0) is 19.3. The van der Waals surface area contributed by atoms with Gasteiger partial charge in [-0.05, 0) is 48.4 Å². The minimum atomic E-state index is -3.26. The zero-order valence-electron chi connectivity index (χ0n) is 15.0. The van der Waals surface area contributed by atoms with Crippen molar-refractivity contribution in [3.8, 4) is 6.07 Å². The molecule has 0 bridgehead atoms. The van der Waals surface area contributed by atoms with Gasteiger partial charge < -0.3 is 0 Å². The molecule has 27 heavy (non-hydrogen) atoms. The number of hydrogen-bond acceptors (Lipinski definition) is 2. The molecule has 3 aromatic rings. The molecule has 136 valence electrons. The Morgan fingerprint density at radius 3 is 1.81 bits per heavy atom. The summed E-state index contributed by atoms with van der Waals surface area (Å²) in [5, 5.41) is 15.3. The van der Waals surface area contributed by atoms with Crippen LogP contribution in [-0.2, 0) is 10.1 Å². The van der Waals surface area contributed by atoms with Crippen molar-refractivity contribution >= 4 is 29.5 Å². The lowest BCUT2D eigenvalue weighted by Crippen LogP contribution is -2.43. The average Bonchev–Trinajstić information content (AvgIpc) is 2.74. The molecule has 3 rings (SSSR count). The van der Waals surface area contributed by atoms with E-state index in [0.717, 1.165) is 5.56 Å². The van der Waals surface area contributed by atoms with Gasteiger partial charge in [0.25, 0.3) is 0 Å². The Balaban J connectivity index is 2.17. The van der Waals surface area contributed by atoms with Crippen molar-refractivity contribution in [3.05, 3.63) is 95.5 Å². The van der Waals surface area contributed by atoms with Crippen LogP contribution in [0.3, 0.4) is 0 Å². The topological polar surface area (TPSA) is 52.9 Å². The summed E-state index contributed by atoms with van der Waals surface area (Å²) < 4.78 is 14.3. The van der Waals surface area contributed by atoms with E-state index in [0.29, 0.717) is 22.1 Å². The molecule has 0 heterocycles. The van der Waals surface area contributed by atoms with Gasteiger partial charge in [0.2, 0.25) is 7.29 Å². The Kier molecular flexibility index (Phi) is 5.82. The van der Waals surface area contributed by atoms with E-state index in [-0.39, 0.29) is 0 Å². The minimum Gasteiger partial charge on any atom is -0.296 e. The van der Waals surface area contributed by atoms with E-state index in [2.05, 4.69) is 11.2 Å². The van der Waals surface area contributed by atoms with E-state index in [1.165, 1.54) is 0 Å². The molecule has 0 radical (unpaired) electrons. The third-order valence-corrected chi connectivity index (χ3v) is 7.65. The maximum atomic E-state index is 14.3. The molecule has 0 aliphatic heterocycles. The van der Waals surface area contributed by atoms with Crippen molar-refractivity contribution in [2.45, 2.75) is 18.9 Å². The van der Waals surface area contributed by atoms with Crippen LogP contribution in [-0.4, -0.2) is 0 Å². The first-order chi connectivity index (χ1) is 13.0. The summed E-state index contributed by atoms with van der Waals surface area (Å²) in [6.07, 6.45) is 0.453. The highest BCUT2D eigenvalue weighted by Crippen LogP contribution is 2.44. The lowest BCUT2D eigenvalue weighted by Gasteiger charge is -2.33. The predicted molar refractivity (Wildman–Crippen MR) is 112 cm³/mol. The molecule has 0 spiro atoms. The molecule has 1 atom stereocenters. The first-order valence-electron chi connectivity index (χ1n) is 8.72. The Labute approximate surface area is 165 Å². The van der Waals surface area contributed by atoms with Crippen LogP contribution in [0.5, 0.6) is 0 Å². The summed E-state index contributed by atoms with van der Waals surface area (Å²) in [5.74, 6) is 0. The molecule has 3 aromatic carbocycles. The second kappa shape index (κ2) is 8.11. The van der Waals surface area contributed by atoms with Gasteiger partial charge in [0.1, 0.15) is 5.54 Å². The first kappa shape index (κ1) is 19.4. The molecule has 0 aromatic heterocycles. The van der Waals surface area contributed by atoms with Crippen LogP contribution in [0.15, 0.2) is 84.9 Å². The fourth-order valence-corrected chi connectivity index (χ4v) is 5.81. The highest BCUT2D eigenvalue weighted by molar-refractivity contribution is 7.77. The molecule has 0 unspecified atom stereocenters. The lowest BCUT2D eigenvalue weighted by atomic mass is 9.90. The fraction of sp³-hybridized carbons (Fsp3) is 0.136. The summed E-state index contributed by atoms with van der Waals surface area (Å²) >= 11 is 6.01. The number of benzene rings is 3. The van der Waals surface area contributed by atoms with Crippen molar-refractivity contribution in [1.82, 2.24) is 5.09 Å². The van der Waals surface area contributed by atoms with E-state index < -0.39 is 12.8 Å². The molecule has 1 N–H and O–H groups in total. The van der Waals surface area contributed by atoms with Crippen molar-refractivity contribution in [2.75, 3.05) is 0 Å². The average molecular weight is 395 g/mol. The van der Waals surface area contributed by atoms with Gasteiger partial charge in [0.15, 0.2) is 0 Å². The van der Waals surface area contributed by atoms with Gasteiger partial charge in [-0.1, -0.05) is 67.1 Å². The van der Waals surface area contributed by atoms with Gasteiger partial charge in [-0.2, -0.15) is 5.26 Å². The van der Waals surface area contributed by atoms with Crippen LogP contribution in [0.1, 0.15) is 18.9 Å². The Bertz CT molecular complexity index is 941. The van der Waals surface area contributed by atoms with Crippen LogP contribution in [0.25, 0.3) is 0 Å². The number of halogens is 1. The van der Waals surface area contributed by atoms with Gasteiger partial charge in [-0.25, -0.2) is 5.09 Å². The third-order valence-electron chi connectivity index (χ3n) is 4.65. The molecular weight excluding hydrogens is 375 g/mol. The SMILES string of the molecule is CC[C@@](C#N)(NP(=O)(c1ccccc1)c1ccccc1)c1ccc(Cl)cc1. The van der Waals surface area contributed by atoms with Gasteiger partial charge in [0, 0.05) is 15.6 Å². The highest BCUT2D eigenvalue weighted by Gasteiger charge is 2.40. The Hall–Kier alpha value is -2.37. The van der Waals surface area contributed by atoms with Crippen molar-refractivity contribution in [3.63, 3.8) is 0 Å². The molecule has 0 saturated carbocycles. The zero-order valence-corrected chi connectivity index (χ0v) is 16.6. The van der Waals surface area contributed by atoms with Crippen molar-refractivity contribution in [2.24, 2.45) is 0 Å². The fourth-order valence-electron chi connectivity index (χ4n) is 3.07. The van der Waals surface area contributed by atoms with Crippen LogP contribution in [0.2, 0.25) is 5.02 Å². The summed E-state index contributed by atoms with van der Waals surface area (Å²) in [5.41, 5.74) is -0.366. The number of rotatable bonds is 6. The van der Waals surface area contributed by atoms with Gasteiger partial charge >= 0.3 is 0 Å². The van der Waals surface area contributed by atoms with Crippen LogP contribution in [0.4, 0.5) is 0 Å². The van der Waals surface area contributed by atoms with Gasteiger partial charge in [-0.15, -0.1) is 0 Å². The number of nitrogens with zero attached hydrogens (tertiary/aromatic N) is 1. The Morgan fingerprint density at radius 2 is 1.41 bits per heavy atom. The Morgan fingerprint density at radius 1 is 0.926 bits per heavy atom. The normalized spacial score (nSPS) is 13.5. The maximum absolute atomic E-state index is 14.3. The minimum absolute atomic E-state index is 0.453. The van der Waals surface area contributed by atoms with Crippen LogP contribution < -0.4 is 15.7 Å². The van der Waals surface area contributed by atoms with Crippen LogP contribution in [0, 0.1) is 11.3 Å². The smallest absolute Gasteiger partial charge is 0.206 e. The largest absolute Gasteiger partial charge is 0.296 e. The van der Waals surface area contributed by atoms with E-state index in [4.69, 9.17) is 11.6 Å². The molecular formula is C22H20ClN2OP. The summed E-state index contributed by atoms with van der Waals surface area (Å²) in [6, 6.07) is 28.0. The number of nitrogens with one attached hydrogen (secondary N) is 1. The monoisotopic (exact) mass is 394 g/mol. The maximum Gasteiger partial charge on any atom is 0.206 e. The van der Waals surface area contributed by atoms with Crippen molar-refractivity contribution < 1.29 is 4.57 Å². The highest BCUT2D eigenvalue weighted by atomic mass is 35.5. The first-order valence-corrected chi connectivity index (χ1v) is 10.8. The van der Waals surface area contributed by atoms with E-state index >= 15 is 0 Å². The van der Waals surface area contributed by atoms with Gasteiger partial charge in [-0.3, -0.25) is 4.57 Å². The van der Waals surface area contributed by atoms with Crippen LogP contribution >= 0.6 is 18.9 Å². The molecule has 0 saturated heterocycles. The predicted octanol–water partition coefficient (Wildman–Crippen LogP) is 4.99. The molecule has 0 amide bonds. The second-order valence-electron chi connectivity index (χ2n) is 6.27. The summed E-state index contributed by atoms with van der Waals surface area (Å²) in [4.78, 5) is 0. The number of hydrogen-bond donors (Lipinski definition) is 1. The summed E-state index contributed by atoms with van der Waals surface area (Å²) in [7, 11) is -3.26. The molecule has 0 aliphatic rings. The standard InChI is InChI=1S/C22H20ClN2OP/c1-2-22(17-24,18-13-15-19(23)16-14-18)25-27(26,20-9-5-3-6-10-20)21-11-7-4-8-12-21/h3-16H,2H2,1H3,(H,25,26)/t22-/m0/s1. The molecule has 0 aliphatic carbocycles. The molecule has 5 heteroatoms. The van der Waals surface area contributed by atoms with E-state index in [1.807, 2.05) is 79.7 Å². The van der Waals surface area contributed by atoms with Gasteiger partial charge in [0.05, 0.1) is 6.07 Å². The van der Waals surface area contributed by atoms with E-state index in [1.54, 1.807) is 12.1 Å². The van der Waals surface area contributed by atoms with Crippen molar-refractivity contribution in [1.29, 1.82) is 5.26 Å². The third kappa shape index (κ3) is 3.84. The number of nitriles is 1. The van der Waals surface area contributed by atoms with E-state index in [9.17, 15) is 9.83 Å². The quantitative estimate of drug-likeness (QED) is 0.599. The molecule has 0 fully saturated rings. The summed E-state index contributed by atoms with van der Waals surface area (Å²) in [6.45, 7) is 1.91. The second-order valence-corrected chi connectivity index (χ2v) is 9.18.